The molecule has 1 aliphatic heterocycles. The molecule has 0 saturated heterocycles. The van der Waals surface area contributed by atoms with E-state index in [4.69, 9.17) is 0 Å². The zero-order valence-corrected chi connectivity index (χ0v) is 12.1. The molecular formula is C16H20N2S. The lowest BCUT2D eigenvalue weighted by molar-refractivity contribution is 0.700. The molecule has 0 saturated carbocycles. The molecule has 0 bridgehead atoms. The van der Waals surface area contributed by atoms with Gasteiger partial charge in [-0.05, 0) is 42.2 Å². The maximum Gasteiger partial charge on any atom is 0.0373 e. The molecule has 2 N–H and O–H groups in total. The van der Waals surface area contributed by atoms with Crippen LogP contribution in [0.25, 0.3) is 0 Å². The van der Waals surface area contributed by atoms with Crippen molar-refractivity contribution in [1.82, 2.24) is 5.32 Å². The molecule has 0 atom stereocenters. The van der Waals surface area contributed by atoms with Crippen molar-refractivity contribution in [2.75, 3.05) is 11.9 Å². The summed E-state index contributed by atoms with van der Waals surface area (Å²) in [6.07, 6.45) is 2.30. The number of anilines is 1. The average Bonchev–Trinajstić information content (AvgIpc) is 3.06. The van der Waals surface area contributed by atoms with Crippen LogP contribution in [0.1, 0.15) is 27.8 Å². The quantitative estimate of drug-likeness (QED) is 0.869. The summed E-state index contributed by atoms with van der Waals surface area (Å²) in [7, 11) is 0. The molecule has 3 rings (SSSR count). The highest BCUT2D eigenvalue weighted by Gasteiger charge is 2.09. The number of thiophene rings is 1. The van der Waals surface area contributed by atoms with Gasteiger partial charge in [-0.2, -0.15) is 0 Å². The van der Waals surface area contributed by atoms with Gasteiger partial charge in [-0.15, -0.1) is 11.3 Å². The van der Waals surface area contributed by atoms with Gasteiger partial charge >= 0.3 is 0 Å². The lowest BCUT2D eigenvalue weighted by atomic mass is 10.1. The molecule has 3 heteroatoms. The standard InChI is InChI=1S/C16H20N2S/c1-2-14-4-5-15(19-14)11-17-10-12-3-6-16-13(9-12)7-8-18-16/h3-6,9,17-18H,2,7-8,10-11H2,1H3. The van der Waals surface area contributed by atoms with Crippen LogP contribution < -0.4 is 10.6 Å². The summed E-state index contributed by atoms with van der Waals surface area (Å²) < 4.78 is 0. The topological polar surface area (TPSA) is 24.1 Å². The Kier molecular flexibility index (Phi) is 3.85. The monoisotopic (exact) mass is 272 g/mol. The second-order valence-electron chi connectivity index (χ2n) is 4.99. The van der Waals surface area contributed by atoms with Gasteiger partial charge < -0.3 is 10.6 Å². The lowest BCUT2D eigenvalue weighted by Gasteiger charge is -2.06. The molecule has 2 heterocycles. The van der Waals surface area contributed by atoms with Crippen molar-refractivity contribution < 1.29 is 0 Å². The minimum atomic E-state index is 0.951. The Bertz CT molecular complexity index is 560. The number of hydrogen-bond acceptors (Lipinski definition) is 3. The Hall–Kier alpha value is -1.32. The summed E-state index contributed by atoms with van der Waals surface area (Å²) in [4.78, 5) is 2.90. The molecule has 0 fully saturated rings. The van der Waals surface area contributed by atoms with Crippen molar-refractivity contribution in [1.29, 1.82) is 0 Å². The Labute approximate surface area is 118 Å². The van der Waals surface area contributed by atoms with Crippen LogP contribution in [0.4, 0.5) is 5.69 Å². The highest BCUT2D eigenvalue weighted by atomic mass is 32.1. The Morgan fingerprint density at radius 3 is 2.89 bits per heavy atom. The molecular weight excluding hydrogens is 252 g/mol. The van der Waals surface area contributed by atoms with Crippen LogP contribution >= 0.6 is 11.3 Å². The van der Waals surface area contributed by atoms with E-state index in [1.165, 1.54) is 26.6 Å². The molecule has 1 aromatic heterocycles. The van der Waals surface area contributed by atoms with Gasteiger partial charge in [0.25, 0.3) is 0 Å². The highest BCUT2D eigenvalue weighted by Crippen LogP contribution is 2.23. The second kappa shape index (κ2) is 5.76. The maximum absolute atomic E-state index is 3.54. The molecule has 1 aliphatic rings. The molecule has 0 radical (unpaired) electrons. The summed E-state index contributed by atoms with van der Waals surface area (Å²) >= 11 is 1.92. The zero-order chi connectivity index (χ0) is 13.1. The fourth-order valence-corrected chi connectivity index (χ4v) is 3.43. The molecule has 0 unspecified atom stereocenters. The van der Waals surface area contributed by atoms with Crippen molar-refractivity contribution in [2.24, 2.45) is 0 Å². The van der Waals surface area contributed by atoms with Gasteiger partial charge in [-0.3, -0.25) is 0 Å². The van der Waals surface area contributed by atoms with E-state index in [1.54, 1.807) is 0 Å². The molecule has 2 aromatic rings. The number of rotatable bonds is 5. The van der Waals surface area contributed by atoms with E-state index in [0.717, 1.165) is 32.5 Å². The largest absolute Gasteiger partial charge is 0.384 e. The highest BCUT2D eigenvalue weighted by molar-refractivity contribution is 7.11. The third kappa shape index (κ3) is 2.99. The predicted octanol–water partition coefficient (Wildman–Crippen LogP) is 3.57. The average molecular weight is 272 g/mol. The van der Waals surface area contributed by atoms with Gasteiger partial charge in [0, 0.05) is 35.1 Å². The van der Waals surface area contributed by atoms with Crippen LogP contribution in [0.15, 0.2) is 30.3 Å². The first kappa shape index (κ1) is 12.7. The SMILES string of the molecule is CCc1ccc(CNCc2ccc3c(c2)CCN3)s1. The Morgan fingerprint density at radius 1 is 1.16 bits per heavy atom. The molecule has 1 aromatic carbocycles. The minimum absolute atomic E-state index is 0.951. The van der Waals surface area contributed by atoms with E-state index in [2.05, 4.69) is 47.9 Å². The first-order valence-corrected chi connectivity index (χ1v) is 7.81. The predicted molar refractivity (Wildman–Crippen MR) is 82.9 cm³/mol. The van der Waals surface area contributed by atoms with Gasteiger partial charge in [-0.25, -0.2) is 0 Å². The fraction of sp³-hybridized carbons (Fsp3) is 0.375. The summed E-state index contributed by atoms with van der Waals surface area (Å²) in [5.41, 5.74) is 4.16. The molecule has 0 amide bonds. The van der Waals surface area contributed by atoms with Crippen LogP contribution in [0.5, 0.6) is 0 Å². The second-order valence-corrected chi connectivity index (χ2v) is 6.25. The number of benzene rings is 1. The van der Waals surface area contributed by atoms with Gasteiger partial charge in [0.1, 0.15) is 0 Å². The van der Waals surface area contributed by atoms with E-state index in [-0.39, 0.29) is 0 Å². The van der Waals surface area contributed by atoms with Gasteiger partial charge in [0.05, 0.1) is 0 Å². The van der Waals surface area contributed by atoms with E-state index >= 15 is 0 Å². The Morgan fingerprint density at radius 2 is 2.05 bits per heavy atom. The molecule has 0 spiro atoms. The summed E-state index contributed by atoms with van der Waals surface area (Å²) in [6, 6.07) is 11.2. The number of aryl methyl sites for hydroxylation is 1. The van der Waals surface area contributed by atoms with Gasteiger partial charge in [0.15, 0.2) is 0 Å². The maximum atomic E-state index is 3.54. The van der Waals surface area contributed by atoms with Crippen molar-refractivity contribution in [3.63, 3.8) is 0 Å². The Balaban J connectivity index is 1.54. The summed E-state index contributed by atoms with van der Waals surface area (Å²) in [5.74, 6) is 0. The number of hydrogen-bond donors (Lipinski definition) is 2. The number of nitrogens with one attached hydrogen (secondary N) is 2. The summed E-state index contributed by atoms with van der Waals surface area (Å²) in [6.45, 7) is 5.22. The molecule has 100 valence electrons. The van der Waals surface area contributed by atoms with Crippen LogP contribution in [0.2, 0.25) is 0 Å². The van der Waals surface area contributed by atoms with Gasteiger partial charge in [0.2, 0.25) is 0 Å². The van der Waals surface area contributed by atoms with E-state index in [0.29, 0.717) is 0 Å². The van der Waals surface area contributed by atoms with Crippen LogP contribution in [-0.4, -0.2) is 6.54 Å². The first-order valence-electron chi connectivity index (χ1n) is 6.99. The summed E-state index contributed by atoms with van der Waals surface area (Å²) in [5, 5.41) is 6.94. The third-order valence-corrected chi connectivity index (χ3v) is 4.80. The minimum Gasteiger partial charge on any atom is -0.384 e. The third-order valence-electron chi connectivity index (χ3n) is 3.57. The zero-order valence-electron chi connectivity index (χ0n) is 11.3. The van der Waals surface area contributed by atoms with Crippen molar-refractivity contribution in [3.05, 3.63) is 51.2 Å². The van der Waals surface area contributed by atoms with E-state index in [9.17, 15) is 0 Å². The molecule has 0 aliphatic carbocycles. The molecule has 2 nitrogen and oxygen atoms in total. The molecule has 19 heavy (non-hydrogen) atoms. The fourth-order valence-electron chi connectivity index (χ4n) is 2.51. The van der Waals surface area contributed by atoms with E-state index in [1.807, 2.05) is 11.3 Å². The van der Waals surface area contributed by atoms with Crippen LogP contribution in [0.3, 0.4) is 0 Å². The van der Waals surface area contributed by atoms with E-state index < -0.39 is 0 Å². The number of fused-ring (bicyclic) bond motifs is 1. The van der Waals surface area contributed by atoms with Crippen molar-refractivity contribution in [2.45, 2.75) is 32.9 Å². The van der Waals surface area contributed by atoms with Crippen LogP contribution in [0, 0.1) is 0 Å². The van der Waals surface area contributed by atoms with Crippen LogP contribution in [-0.2, 0) is 25.9 Å². The van der Waals surface area contributed by atoms with Gasteiger partial charge in [-0.1, -0.05) is 19.1 Å². The normalized spacial score (nSPS) is 13.3. The first-order chi connectivity index (χ1) is 9.35. The lowest BCUT2D eigenvalue weighted by Crippen LogP contribution is -2.11. The smallest absolute Gasteiger partial charge is 0.0373 e. The van der Waals surface area contributed by atoms with Crippen molar-refractivity contribution >= 4 is 17.0 Å². The van der Waals surface area contributed by atoms with Crippen molar-refractivity contribution in [3.8, 4) is 0 Å².